The van der Waals surface area contributed by atoms with E-state index in [4.69, 9.17) is 0 Å². The molecule has 0 aliphatic carbocycles. The molecular weight excluding hydrogens is 274 g/mol. The Hall–Kier alpha value is -0.500. The summed E-state index contributed by atoms with van der Waals surface area (Å²) in [5.41, 5.74) is 3.92. The quantitative estimate of drug-likeness (QED) is 0.791. The van der Waals surface area contributed by atoms with Crippen LogP contribution in [0.4, 0.5) is 5.69 Å². The molecule has 96 valence electrons. The highest BCUT2D eigenvalue weighted by atomic mass is 79.9. The van der Waals surface area contributed by atoms with E-state index in [2.05, 4.69) is 68.0 Å². The topological polar surface area (TPSA) is 12.0 Å². The molecule has 0 saturated heterocycles. The minimum Gasteiger partial charge on any atom is -0.384 e. The van der Waals surface area contributed by atoms with Crippen molar-refractivity contribution in [2.75, 3.05) is 11.9 Å². The Morgan fingerprint density at radius 1 is 1.12 bits per heavy atom. The van der Waals surface area contributed by atoms with Crippen LogP contribution in [0.2, 0.25) is 0 Å². The molecule has 0 bridgehead atoms. The molecule has 0 fully saturated rings. The average molecular weight is 298 g/mol. The Balaban J connectivity index is 2.63. The van der Waals surface area contributed by atoms with E-state index >= 15 is 0 Å². The maximum Gasteiger partial charge on any atom is 0.0400 e. The molecule has 1 unspecified atom stereocenters. The molecule has 0 saturated carbocycles. The van der Waals surface area contributed by atoms with E-state index in [0.29, 0.717) is 0 Å². The van der Waals surface area contributed by atoms with Crippen molar-refractivity contribution < 1.29 is 0 Å². The lowest BCUT2D eigenvalue weighted by atomic mass is 9.98. The van der Waals surface area contributed by atoms with Gasteiger partial charge in [-0.2, -0.15) is 0 Å². The smallest absolute Gasteiger partial charge is 0.0400 e. The molecule has 0 radical (unpaired) electrons. The molecule has 0 aliphatic heterocycles. The second-order valence-electron chi connectivity index (χ2n) is 5.53. The van der Waals surface area contributed by atoms with Crippen molar-refractivity contribution in [3.05, 3.63) is 27.7 Å². The first-order valence-electron chi connectivity index (χ1n) is 6.40. The third kappa shape index (κ3) is 4.71. The molecule has 1 rings (SSSR count). The fourth-order valence-corrected chi connectivity index (χ4v) is 3.04. The molecular formula is C15H24BrN. The first kappa shape index (κ1) is 14.6. The highest BCUT2D eigenvalue weighted by molar-refractivity contribution is 9.10. The van der Waals surface area contributed by atoms with Gasteiger partial charge in [0.1, 0.15) is 0 Å². The maximum atomic E-state index is 3.59. The predicted molar refractivity (Wildman–Crippen MR) is 80.7 cm³/mol. The summed E-state index contributed by atoms with van der Waals surface area (Å²) in [7, 11) is 0. The zero-order valence-corrected chi connectivity index (χ0v) is 13.2. The second kappa shape index (κ2) is 6.44. The standard InChI is InChI=1S/C15H24BrN/c1-10(2)6-11(3)9-17-15-12(4)7-14(16)8-13(15)5/h7-8,10-11,17H,6,9H2,1-5H3. The van der Waals surface area contributed by atoms with Crippen molar-refractivity contribution in [1.29, 1.82) is 0 Å². The first-order chi connectivity index (χ1) is 7.90. The third-order valence-corrected chi connectivity index (χ3v) is 3.46. The Bertz CT molecular complexity index is 348. The molecule has 0 heterocycles. The molecule has 1 nitrogen and oxygen atoms in total. The molecule has 0 amide bonds. The van der Waals surface area contributed by atoms with Gasteiger partial charge in [-0.1, -0.05) is 36.7 Å². The van der Waals surface area contributed by atoms with Crippen molar-refractivity contribution in [3.8, 4) is 0 Å². The summed E-state index contributed by atoms with van der Waals surface area (Å²) in [6.45, 7) is 12.3. The van der Waals surface area contributed by atoms with Gasteiger partial charge in [0.25, 0.3) is 0 Å². The summed E-state index contributed by atoms with van der Waals surface area (Å²) in [5, 5.41) is 3.59. The minimum absolute atomic E-state index is 0.720. The average Bonchev–Trinajstić information content (AvgIpc) is 2.14. The SMILES string of the molecule is Cc1cc(Br)cc(C)c1NCC(C)CC(C)C. The van der Waals surface area contributed by atoms with Crippen LogP contribution in [0.25, 0.3) is 0 Å². The van der Waals surface area contributed by atoms with Crippen LogP contribution in [0.1, 0.15) is 38.3 Å². The molecule has 2 heteroatoms. The fraction of sp³-hybridized carbons (Fsp3) is 0.600. The second-order valence-corrected chi connectivity index (χ2v) is 6.45. The van der Waals surface area contributed by atoms with E-state index < -0.39 is 0 Å². The first-order valence-corrected chi connectivity index (χ1v) is 7.20. The zero-order chi connectivity index (χ0) is 13.0. The summed E-state index contributed by atoms with van der Waals surface area (Å²) < 4.78 is 1.16. The lowest BCUT2D eigenvalue weighted by molar-refractivity contribution is 0.455. The summed E-state index contributed by atoms with van der Waals surface area (Å²) in [5.74, 6) is 1.50. The number of rotatable bonds is 5. The van der Waals surface area contributed by atoms with Crippen molar-refractivity contribution in [3.63, 3.8) is 0 Å². The molecule has 0 aliphatic rings. The van der Waals surface area contributed by atoms with Gasteiger partial charge < -0.3 is 5.32 Å². The van der Waals surface area contributed by atoms with Gasteiger partial charge in [0.2, 0.25) is 0 Å². The highest BCUT2D eigenvalue weighted by Gasteiger charge is 2.08. The van der Waals surface area contributed by atoms with Gasteiger partial charge in [0.05, 0.1) is 0 Å². The van der Waals surface area contributed by atoms with Gasteiger partial charge in [0.15, 0.2) is 0 Å². The van der Waals surface area contributed by atoms with E-state index in [0.717, 1.165) is 22.9 Å². The Kier molecular flexibility index (Phi) is 5.51. The normalized spacial score (nSPS) is 12.9. The molecule has 1 N–H and O–H groups in total. The number of aryl methyl sites for hydroxylation is 2. The summed E-state index contributed by atoms with van der Waals surface area (Å²) in [6.07, 6.45) is 1.28. The maximum absolute atomic E-state index is 3.59. The minimum atomic E-state index is 0.720. The highest BCUT2D eigenvalue weighted by Crippen LogP contribution is 2.25. The molecule has 0 spiro atoms. The van der Waals surface area contributed by atoms with Crippen LogP contribution >= 0.6 is 15.9 Å². The van der Waals surface area contributed by atoms with E-state index in [1.54, 1.807) is 0 Å². The van der Waals surface area contributed by atoms with Crippen molar-refractivity contribution >= 4 is 21.6 Å². The number of benzene rings is 1. The van der Waals surface area contributed by atoms with Crippen LogP contribution < -0.4 is 5.32 Å². The van der Waals surface area contributed by atoms with E-state index in [-0.39, 0.29) is 0 Å². The molecule has 1 atom stereocenters. The van der Waals surface area contributed by atoms with Crippen LogP contribution in [-0.4, -0.2) is 6.54 Å². The number of nitrogens with one attached hydrogen (secondary N) is 1. The fourth-order valence-electron chi connectivity index (χ4n) is 2.35. The number of hydrogen-bond donors (Lipinski definition) is 1. The van der Waals surface area contributed by atoms with Gasteiger partial charge >= 0.3 is 0 Å². The van der Waals surface area contributed by atoms with Gasteiger partial charge in [-0.3, -0.25) is 0 Å². The largest absolute Gasteiger partial charge is 0.384 e. The summed E-state index contributed by atoms with van der Waals surface area (Å²) >= 11 is 3.53. The number of anilines is 1. The van der Waals surface area contributed by atoms with Crippen molar-refractivity contribution in [2.24, 2.45) is 11.8 Å². The van der Waals surface area contributed by atoms with Crippen LogP contribution in [-0.2, 0) is 0 Å². The van der Waals surface area contributed by atoms with Gasteiger partial charge in [0, 0.05) is 16.7 Å². The monoisotopic (exact) mass is 297 g/mol. The predicted octanol–water partition coefficient (Wildman–Crippen LogP) is 5.16. The molecule has 1 aromatic carbocycles. The number of hydrogen-bond acceptors (Lipinski definition) is 1. The zero-order valence-electron chi connectivity index (χ0n) is 11.6. The molecule has 17 heavy (non-hydrogen) atoms. The van der Waals surface area contributed by atoms with Gasteiger partial charge in [-0.15, -0.1) is 0 Å². The van der Waals surface area contributed by atoms with E-state index in [1.807, 2.05) is 0 Å². The van der Waals surface area contributed by atoms with E-state index in [1.165, 1.54) is 23.2 Å². The summed E-state index contributed by atoms with van der Waals surface area (Å²) in [6, 6.07) is 4.34. The van der Waals surface area contributed by atoms with E-state index in [9.17, 15) is 0 Å². The van der Waals surface area contributed by atoms with Crippen molar-refractivity contribution in [2.45, 2.75) is 41.0 Å². The van der Waals surface area contributed by atoms with Crippen molar-refractivity contribution in [1.82, 2.24) is 0 Å². The van der Waals surface area contributed by atoms with Crippen LogP contribution in [0, 0.1) is 25.7 Å². The van der Waals surface area contributed by atoms with Gasteiger partial charge in [-0.25, -0.2) is 0 Å². The number of halogens is 1. The van der Waals surface area contributed by atoms with Crippen LogP contribution in [0.15, 0.2) is 16.6 Å². The van der Waals surface area contributed by atoms with Gasteiger partial charge in [-0.05, 0) is 55.4 Å². The van der Waals surface area contributed by atoms with Crippen LogP contribution in [0.3, 0.4) is 0 Å². The summed E-state index contributed by atoms with van der Waals surface area (Å²) in [4.78, 5) is 0. The third-order valence-electron chi connectivity index (χ3n) is 3.00. The lowest BCUT2D eigenvalue weighted by Crippen LogP contribution is -2.14. The molecule has 0 aromatic heterocycles. The van der Waals surface area contributed by atoms with Crippen LogP contribution in [0.5, 0.6) is 0 Å². The Morgan fingerprint density at radius 2 is 1.65 bits per heavy atom. The Labute approximate surface area is 114 Å². The molecule has 1 aromatic rings. The lowest BCUT2D eigenvalue weighted by Gasteiger charge is -2.18. The Morgan fingerprint density at radius 3 is 2.12 bits per heavy atom.